The Labute approximate surface area is 199 Å². The molecule has 1 amide bonds. The van der Waals surface area contributed by atoms with Crippen molar-refractivity contribution in [1.82, 2.24) is 4.98 Å². The molecule has 3 aliphatic rings. The van der Waals surface area contributed by atoms with Gasteiger partial charge in [-0.05, 0) is 54.2 Å². The number of ketones is 2. The minimum atomic E-state index is -2.57. The molecule has 1 heterocycles. The Morgan fingerprint density at radius 1 is 1.09 bits per heavy atom. The first kappa shape index (κ1) is 22.5. The van der Waals surface area contributed by atoms with Gasteiger partial charge in [-0.25, -0.2) is 0 Å². The van der Waals surface area contributed by atoms with E-state index in [1.165, 1.54) is 6.07 Å². The number of phenols is 1. The largest absolute Gasteiger partial charge is 0.511 e. The summed E-state index contributed by atoms with van der Waals surface area (Å²) in [6, 6.07) is 8.48. The van der Waals surface area contributed by atoms with Crippen molar-refractivity contribution in [3.8, 4) is 5.75 Å². The Kier molecular flexibility index (Phi) is 5.10. The van der Waals surface area contributed by atoms with Crippen LogP contribution in [0.25, 0.3) is 12.2 Å². The van der Waals surface area contributed by atoms with E-state index in [1.54, 1.807) is 30.5 Å². The summed E-state index contributed by atoms with van der Waals surface area (Å²) in [7, 11) is 0. The average Bonchev–Trinajstić information content (AvgIpc) is 2.81. The Hall–Kier alpha value is -4.24. The third-order valence-electron chi connectivity index (χ3n) is 7.10. The van der Waals surface area contributed by atoms with Crippen molar-refractivity contribution in [2.45, 2.75) is 24.9 Å². The molecule has 1 aromatic heterocycles. The number of aromatic hydroxyl groups is 1. The van der Waals surface area contributed by atoms with Crippen LogP contribution in [0.4, 0.5) is 0 Å². The SMILES string of the molecule is NC(=O)C1=C(O)C[C@@H]2C[C@@H]3Cc4c(/C=C/c5ccccn5)ccc(O)c4C(=O)C3=C(O)[C@]2(O)C1=O. The summed E-state index contributed by atoms with van der Waals surface area (Å²) in [6.07, 6.45) is 5.26. The summed E-state index contributed by atoms with van der Waals surface area (Å²) in [6.45, 7) is 0. The monoisotopic (exact) mass is 474 g/mol. The zero-order valence-electron chi connectivity index (χ0n) is 18.4. The highest BCUT2D eigenvalue weighted by atomic mass is 16.3. The third kappa shape index (κ3) is 3.27. The average molecular weight is 474 g/mol. The molecular formula is C26H22N2O7. The van der Waals surface area contributed by atoms with Gasteiger partial charge in [-0.3, -0.25) is 19.4 Å². The van der Waals surface area contributed by atoms with E-state index in [-0.39, 0.29) is 36.1 Å². The van der Waals surface area contributed by atoms with Crippen LogP contribution in [0, 0.1) is 11.8 Å². The fraction of sp³-hybridized carbons (Fsp3) is 0.231. The molecule has 178 valence electrons. The van der Waals surface area contributed by atoms with Gasteiger partial charge < -0.3 is 26.2 Å². The standard InChI is InChI=1S/C26H22N2O7/c27-25(34)21-18(30)11-14-9-13-10-16-12(4-6-15-3-1-2-8-28-15)5-7-17(29)20(16)22(31)19(13)23(32)26(14,35)24(21)33/h1-8,13-14,29-30,32,35H,9-11H2,(H2,27,34)/b6-4+/t13-,14+,26+/m1/s1. The molecular weight excluding hydrogens is 452 g/mol. The Bertz CT molecular complexity index is 1390. The Morgan fingerprint density at radius 3 is 2.54 bits per heavy atom. The summed E-state index contributed by atoms with van der Waals surface area (Å²) < 4.78 is 0. The number of hydrogen-bond donors (Lipinski definition) is 5. The van der Waals surface area contributed by atoms with E-state index in [0.29, 0.717) is 16.8 Å². The predicted molar refractivity (Wildman–Crippen MR) is 124 cm³/mol. The lowest BCUT2D eigenvalue weighted by atomic mass is 9.60. The first-order chi connectivity index (χ1) is 16.6. The molecule has 0 radical (unpaired) electrons. The summed E-state index contributed by atoms with van der Waals surface area (Å²) >= 11 is 0. The molecule has 5 rings (SSSR count). The number of hydrogen-bond acceptors (Lipinski definition) is 8. The highest BCUT2D eigenvalue weighted by Crippen LogP contribution is 2.51. The number of allylic oxidation sites excluding steroid dienone is 2. The summed E-state index contributed by atoms with van der Waals surface area (Å²) in [5.41, 5.74) is 3.58. The second-order valence-corrected chi connectivity index (χ2v) is 9.03. The summed E-state index contributed by atoms with van der Waals surface area (Å²) in [5.74, 6) is -6.44. The fourth-order valence-corrected chi connectivity index (χ4v) is 5.45. The number of carbonyl (C=O) groups is 3. The van der Waals surface area contributed by atoms with Gasteiger partial charge in [-0.1, -0.05) is 18.2 Å². The smallest absolute Gasteiger partial charge is 0.255 e. The molecule has 0 spiro atoms. The third-order valence-corrected chi connectivity index (χ3v) is 7.10. The van der Waals surface area contributed by atoms with Crippen LogP contribution in [-0.4, -0.2) is 48.5 Å². The number of Topliss-reactive ketones (excluding diaryl/α,β-unsaturated/α-hetero) is 2. The normalized spacial score (nSPS) is 26.0. The second-order valence-electron chi connectivity index (χ2n) is 9.03. The summed E-state index contributed by atoms with van der Waals surface area (Å²) in [5, 5.41) is 43.1. The van der Waals surface area contributed by atoms with E-state index in [9.17, 15) is 34.8 Å². The first-order valence-electron chi connectivity index (χ1n) is 11.1. The van der Waals surface area contributed by atoms with Crippen molar-refractivity contribution in [2.75, 3.05) is 0 Å². The predicted octanol–water partition coefficient (Wildman–Crippen LogP) is 2.15. The van der Waals surface area contributed by atoms with Gasteiger partial charge in [0.1, 0.15) is 22.8 Å². The molecule has 0 unspecified atom stereocenters. The molecule has 9 heteroatoms. The number of benzene rings is 1. The minimum absolute atomic E-state index is 0.0233. The van der Waals surface area contributed by atoms with E-state index < -0.39 is 52.0 Å². The van der Waals surface area contributed by atoms with Crippen molar-refractivity contribution in [2.24, 2.45) is 17.6 Å². The number of amides is 1. The molecule has 0 fully saturated rings. The molecule has 0 bridgehead atoms. The second kappa shape index (κ2) is 7.92. The highest BCUT2D eigenvalue weighted by molar-refractivity contribution is 6.24. The van der Waals surface area contributed by atoms with Gasteiger partial charge in [0.2, 0.25) is 5.78 Å². The van der Waals surface area contributed by atoms with E-state index in [4.69, 9.17) is 5.73 Å². The molecule has 35 heavy (non-hydrogen) atoms. The number of carbonyl (C=O) groups excluding carboxylic acids is 3. The number of aliphatic hydroxyl groups excluding tert-OH is 2. The number of phenolic OH excluding ortho intramolecular Hbond substituents is 1. The molecule has 1 aromatic carbocycles. The maximum Gasteiger partial charge on any atom is 0.255 e. The van der Waals surface area contributed by atoms with Crippen LogP contribution in [0.2, 0.25) is 0 Å². The van der Waals surface area contributed by atoms with Gasteiger partial charge in [0.05, 0.1) is 11.3 Å². The van der Waals surface area contributed by atoms with Crippen molar-refractivity contribution in [3.63, 3.8) is 0 Å². The number of aromatic nitrogens is 1. The van der Waals surface area contributed by atoms with Crippen molar-refractivity contribution < 1.29 is 34.8 Å². The maximum atomic E-state index is 13.5. The number of aliphatic hydroxyl groups is 3. The lowest BCUT2D eigenvalue weighted by molar-refractivity contribution is -0.144. The molecule has 3 aliphatic carbocycles. The molecule has 0 saturated carbocycles. The van der Waals surface area contributed by atoms with Gasteiger partial charge >= 0.3 is 0 Å². The Morgan fingerprint density at radius 2 is 1.86 bits per heavy atom. The van der Waals surface area contributed by atoms with Crippen LogP contribution in [0.15, 0.2) is 59.2 Å². The van der Waals surface area contributed by atoms with Crippen molar-refractivity contribution in [1.29, 1.82) is 0 Å². The lowest BCUT2D eigenvalue weighted by Crippen LogP contribution is -2.57. The summed E-state index contributed by atoms with van der Waals surface area (Å²) in [4.78, 5) is 42.4. The number of pyridine rings is 1. The van der Waals surface area contributed by atoms with Crippen LogP contribution in [-0.2, 0) is 16.0 Å². The van der Waals surface area contributed by atoms with Gasteiger partial charge in [0, 0.05) is 24.1 Å². The highest BCUT2D eigenvalue weighted by Gasteiger charge is 2.59. The number of rotatable bonds is 3. The molecule has 6 N–H and O–H groups in total. The maximum absolute atomic E-state index is 13.5. The van der Waals surface area contributed by atoms with Gasteiger partial charge in [-0.2, -0.15) is 0 Å². The molecule has 0 saturated heterocycles. The van der Waals surface area contributed by atoms with E-state index >= 15 is 0 Å². The molecule has 0 aliphatic heterocycles. The van der Waals surface area contributed by atoms with Crippen molar-refractivity contribution in [3.05, 3.63) is 81.6 Å². The topological polar surface area (TPSA) is 171 Å². The van der Waals surface area contributed by atoms with Crippen LogP contribution in [0.1, 0.15) is 40.0 Å². The quantitative estimate of drug-likeness (QED) is 0.421. The van der Waals surface area contributed by atoms with Gasteiger partial charge in [0.25, 0.3) is 5.91 Å². The van der Waals surface area contributed by atoms with E-state index in [0.717, 1.165) is 0 Å². The van der Waals surface area contributed by atoms with Crippen LogP contribution >= 0.6 is 0 Å². The number of nitrogens with two attached hydrogens (primary N) is 1. The zero-order chi connectivity index (χ0) is 25.1. The van der Waals surface area contributed by atoms with Crippen LogP contribution < -0.4 is 5.73 Å². The van der Waals surface area contributed by atoms with Crippen molar-refractivity contribution >= 4 is 29.6 Å². The van der Waals surface area contributed by atoms with Crippen LogP contribution in [0.3, 0.4) is 0 Å². The minimum Gasteiger partial charge on any atom is -0.511 e. The van der Waals surface area contributed by atoms with Crippen LogP contribution in [0.5, 0.6) is 5.75 Å². The molecule has 3 atom stereocenters. The van der Waals surface area contributed by atoms with E-state index in [2.05, 4.69) is 4.98 Å². The lowest BCUT2D eigenvalue weighted by Gasteiger charge is -2.45. The van der Waals surface area contributed by atoms with E-state index in [1.807, 2.05) is 12.1 Å². The Balaban J connectivity index is 1.62. The van der Waals surface area contributed by atoms with Gasteiger partial charge in [-0.15, -0.1) is 0 Å². The number of fused-ring (bicyclic) bond motifs is 3. The number of nitrogens with zero attached hydrogens (tertiary/aromatic N) is 1. The molecule has 9 nitrogen and oxygen atoms in total. The first-order valence-corrected chi connectivity index (χ1v) is 11.1. The molecule has 2 aromatic rings. The zero-order valence-corrected chi connectivity index (χ0v) is 18.4. The van der Waals surface area contributed by atoms with Gasteiger partial charge in [0.15, 0.2) is 11.4 Å². The fourth-order valence-electron chi connectivity index (χ4n) is 5.45. The number of primary amides is 1.